The van der Waals surface area contributed by atoms with E-state index < -0.39 is 11.2 Å². The fourth-order valence-corrected chi connectivity index (χ4v) is 1.65. The van der Waals surface area contributed by atoms with Crippen LogP contribution in [-0.4, -0.2) is 19.7 Å². The quantitative estimate of drug-likeness (QED) is 0.590. The first-order valence-corrected chi connectivity index (χ1v) is 5.18. The van der Waals surface area contributed by atoms with Crippen LogP contribution in [0.1, 0.15) is 11.0 Å². The van der Waals surface area contributed by atoms with Gasteiger partial charge >= 0.3 is 5.69 Å². The molecule has 74 valence electrons. The van der Waals surface area contributed by atoms with Gasteiger partial charge in [-0.1, -0.05) is 22.6 Å². The number of halogens is 1. The molecule has 0 radical (unpaired) electrons. The van der Waals surface area contributed by atoms with E-state index in [0.717, 1.165) is 0 Å². The van der Waals surface area contributed by atoms with Gasteiger partial charge in [0.05, 0.1) is 6.20 Å². The van der Waals surface area contributed by atoms with Crippen LogP contribution in [0.4, 0.5) is 0 Å². The zero-order valence-corrected chi connectivity index (χ0v) is 9.40. The number of alkyl halides is 1. The molecular weight excluding hydrogens is 299 g/mol. The van der Waals surface area contributed by atoms with Crippen LogP contribution < -0.4 is 11.2 Å². The standard InChI is InChI=1S/C7H7IN4O2/c1-3(8)12-5-4(2-9-12)6(13)11-7(14)10-5/h2-3H,1H3,(H2,10,11,13,14). The fraction of sp³-hybridized carbons (Fsp3) is 0.286. The monoisotopic (exact) mass is 306 g/mol. The number of nitrogens with one attached hydrogen (secondary N) is 2. The van der Waals surface area contributed by atoms with Gasteiger partial charge < -0.3 is 0 Å². The zero-order chi connectivity index (χ0) is 10.3. The molecular formula is C7H7IN4O2. The highest BCUT2D eigenvalue weighted by Crippen LogP contribution is 2.16. The number of aromatic amines is 2. The Balaban J connectivity index is 2.92. The molecule has 0 spiro atoms. The predicted octanol–water partition coefficient (Wildman–Crippen LogP) is 0.366. The van der Waals surface area contributed by atoms with E-state index in [9.17, 15) is 9.59 Å². The van der Waals surface area contributed by atoms with Crippen molar-refractivity contribution in [2.45, 2.75) is 11.0 Å². The molecule has 2 aromatic heterocycles. The summed E-state index contributed by atoms with van der Waals surface area (Å²) in [7, 11) is 0. The average molecular weight is 306 g/mol. The molecule has 1 unspecified atom stereocenters. The highest BCUT2D eigenvalue weighted by Gasteiger charge is 2.09. The van der Waals surface area contributed by atoms with E-state index in [4.69, 9.17) is 0 Å². The summed E-state index contributed by atoms with van der Waals surface area (Å²) in [4.78, 5) is 27.0. The topological polar surface area (TPSA) is 83.5 Å². The Morgan fingerprint density at radius 3 is 2.86 bits per heavy atom. The molecule has 0 amide bonds. The largest absolute Gasteiger partial charge is 0.327 e. The second-order valence-electron chi connectivity index (χ2n) is 2.83. The lowest BCUT2D eigenvalue weighted by Crippen LogP contribution is -2.22. The van der Waals surface area contributed by atoms with E-state index in [-0.39, 0.29) is 4.05 Å². The lowest BCUT2D eigenvalue weighted by Gasteiger charge is -2.03. The van der Waals surface area contributed by atoms with Gasteiger partial charge in [0.25, 0.3) is 5.56 Å². The molecule has 0 aromatic carbocycles. The average Bonchev–Trinajstić information content (AvgIpc) is 2.47. The van der Waals surface area contributed by atoms with Gasteiger partial charge in [0.1, 0.15) is 15.1 Å². The van der Waals surface area contributed by atoms with E-state index in [0.29, 0.717) is 11.0 Å². The summed E-state index contributed by atoms with van der Waals surface area (Å²) >= 11 is 2.14. The number of rotatable bonds is 1. The van der Waals surface area contributed by atoms with Gasteiger partial charge in [-0.15, -0.1) is 0 Å². The van der Waals surface area contributed by atoms with Gasteiger partial charge in [-0.05, 0) is 6.92 Å². The maximum Gasteiger partial charge on any atom is 0.327 e. The van der Waals surface area contributed by atoms with Crippen LogP contribution >= 0.6 is 22.6 Å². The van der Waals surface area contributed by atoms with Crippen LogP contribution in [0.25, 0.3) is 11.0 Å². The minimum Gasteiger partial charge on any atom is -0.291 e. The SMILES string of the molecule is CC(I)n1ncc2c(=O)[nH]c(=O)[nH]c21. The van der Waals surface area contributed by atoms with Crippen LogP contribution in [0.5, 0.6) is 0 Å². The number of H-pyrrole nitrogens is 2. The van der Waals surface area contributed by atoms with Gasteiger partial charge in [0, 0.05) is 0 Å². The Morgan fingerprint density at radius 2 is 2.21 bits per heavy atom. The number of hydrogen-bond donors (Lipinski definition) is 2. The highest BCUT2D eigenvalue weighted by atomic mass is 127. The van der Waals surface area contributed by atoms with Gasteiger partial charge in [0.15, 0.2) is 0 Å². The van der Waals surface area contributed by atoms with Crippen molar-refractivity contribution >= 4 is 33.6 Å². The van der Waals surface area contributed by atoms with Crippen molar-refractivity contribution in [1.29, 1.82) is 0 Å². The van der Waals surface area contributed by atoms with Crippen LogP contribution in [0.3, 0.4) is 0 Å². The molecule has 0 bridgehead atoms. The van der Waals surface area contributed by atoms with Gasteiger partial charge in [-0.3, -0.25) is 14.8 Å². The van der Waals surface area contributed by atoms with Crippen molar-refractivity contribution < 1.29 is 0 Å². The molecule has 0 saturated carbocycles. The third-order valence-corrected chi connectivity index (χ3v) is 2.36. The smallest absolute Gasteiger partial charge is 0.291 e. The number of fused-ring (bicyclic) bond motifs is 1. The van der Waals surface area contributed by atoms with Crippen LogP contribution in [0, 0.1) is 0 Å². The summed E-state index contributed by atoms with van der Waals surface area (Å²) in [6.07, 6.45) is 1.44. The molecule has 0 aliphatic rings. The molecule has 1 atom stereocenters. The molecule has 7 heteroatoms. The molecule has 2 aromatic rings. The molecule has 2 heterocycles. The second kappa shape index (κ2) is 3.23. The summed E-state index contributed by atoms with van der Waals surface area (Å²) in [6, 6.07) is 0. The molecule has 2 rings (SSSR count). The Bertz CT molecular complexity index is 579. The Labute approximate surface area is 91.5 Å². The minimum atomic E-state index is -0.513. The highest BCUT2D eigenvalue weighted by molar-refractivity contribution is 14.1. The number of hydrogen-bond acceptors (Lipinski definition) is 3. The molecule has 14 heavy (non-hydrogen) atoms. The number of nitrogens with zero attached hydrogens (tertiary/aromatic N) is 2. The van der Waals surface area contributed by atoms with E-state index in [1.165, 1.54) is 6.20 Å². The van der Waals surface area contributed by atoms with Crippen LogP contribution in [0.15, 0.2) is 15.8 Å². The lowest BCUT2D eigenvalue weighted by molar-refractivity contribution is 0.680. The Kier molecular flexibility index (Phi) is 2.17. The van der Waals surface area contributed by atoms with Crippen LogP contribution in [0.2, 0.25) is 0 Å². The summed E-state index contributed by atoms with van der Waals surface area (Å²) in [6.45, 7) is 1.91. The molecule has 0 aliphatic heterocycles. The fourth-order valence-electron chi connectivity index (χ4n) is 1.23. The van der Waals surface area contributed by atoms with Gasteiger partial charge in [-0.25, -0.2) is 9.48 Å². The minimum absolute atomic E-state index is 0.0718. The summed E-state index contributed by atoms with van der Waals surface area (Å²) in [5, 5.41) is 4.41. The molecule has 0 saturated heterocycles. The number of aromatic nitrogens is 4. The second-order valence-corrected chi connectivity index (χ2v) is 4.64. The third kappa shape index (κ3) is 1.37. The Morgan fingerprint density at radius 1 is 1.50 bits per heavy atom. The van der Waals surface area contributed by atoms with Crippen molar-refractivity contribution in [3.63, 3.8) is 0 Å². The normalized spacial score (nSPS) is 13.3. The summed E-state index contributed by atoms with van der Waals surface area (Å²) in [5.74, 6) is 0. The maximum atomic E-state index is 11.3. The summed E-state index contributed by atoms with van der Waals surface area (Å²) < 4.78 is 1.66. The van der Waals surface area contributed by atoms with E-state index >= 15 is 0 Å². The van der Waals surface area contributed by atoms with E-state index in [1.807, 2.05) is 6.92 Å². The maximum absolute atomic E-state index is 11.3. The lowest BCUT2D eigenvalue weighted by atomic mass is 10.4. The van der Waals surface area contributed by atoms with Crippen molar-refractivity contribution in [3.05, 3.63) is 27.0 Å². The van der Waals surface area contributed by atoms with E-state index in [2.05, 4.69) is 37.7 Å². The van der Waals surface area contributed by atoms with Crippen molar-refractivity contribution in [1.82, 2.24) is 19.7 Å². The van der Waals surface area contributed by atoms with Crippen LogP contribution in [-0.2, 0) is 0 Å². The third-order valence-electron chi connectivity index (χ3n) is 1.84. The summed E-state index contributed by atoms with van der Waals surface area (Å²) in [5.41, 5.74) is -0.464. The first-order chi connectivity index (χ1) is 6.59. The predicted molar refractivity (Wildman–Crippen MR) is 59.7 cm³/mol. The first-order valence-electron chi connectivity index (χ1n) is 3.93. The van der Waals surface area contributed by atoms with Crippen molar-refractivity contribution in [2.24, 2.45) is 0 Å². The molecule has 6 nitrogen and oxygen atoms in total. The van der Waals surface area contributed by atoms with Gasteiger partial charge in [0.2, 0.25) is 0 Å². The van der Waals surface area contributed by atoms with Crippen molar-refractivity contribution in [2.75, 3.05) is 0 Å². The molecule has 0 aliphatic carbocycles. The Hall–Kier alpha value is -1.12. The molecule has 0 fully saturated rings. The van der Waals surface area contributed by atoms with Crippen molar-refractivity contribution in [3.8, 4) is 0 Å². The van der Waals surface area contributed by atoms with E-state index in [1.54, 1.807) is 4.68 Å². The first kappa shape index (κ1) is 9.44. The zero-order valence-electron chi connectivity index (χ0n) is 7.24. The van der Waals surface area contributed by atoms with Gasteiger partial charge in [-0.2, -0.15) is 5.10 Å². The molecule has 2 N–H and O–H groups in total.